The molecule has 0 bridgehead atoms. The van der Waals surface area contributed by atoms with Crippen LogP contribution in [0.4, 0.5) is 0 Å². The van der Waals surface area contributed by atoms with Crippen molar-refractivity contribution in [2.75, 3.05) is 7.11 Å². The fourth-order valence-corrected chi connectivity index (χ4v) is 4.46. The van der Waals surface area contributed by atoms with Crippen LogP contribution < -0.4 is 0 Å². The maximum atomic E-state index is 11.5. The summed E-state index contributed by atoms with van der Waals surface area (Å²) in [6.07, 6.45) is 1.24. The highest BCUT2D eigenvalue weighted by atomic mass is 79.9. The van der Waals surface area contributed by atoms with E-state index in [1.54, 1.807) is 0 Å². The highest BCUT2D eigenvalue weighted by Gasteiger charge is 2.23. The van der Waals surface area contributed by atoms with Crippen LogP contribution in [-0.4, -0.2) is 13.1 Å². The normalized spacial score (nSPS) is 11.8. The van der Waals surface area contributed by atoms with E-state index < -0.39 is 0 Å². The molecule has 4 rings (SSSR count). The maximum Gasteiger partial charge on any atom is 0.309 e. The number of ether oxygens (including phenoxy) is 1. The molecule has 4 heteroatoms. The number of fused-ring (bicyclic) bond motifs is 3. The third kappa shape index (κ3) is 3.24. The molecule has 0 spiro atoms. The highest BCUT2D eigenvalue weighted by molar-refractivity contribution is 9.10. The quantitative estimate of drug-likeness (QED) is 0.334. The molecule has 0 aliphatic heterocycles. The van der Waals surface area contributed by atoms with Crippen LogP contribution in [0.2, 0.25) is 0 Å². The molecule has 1 aliphatic rings. The third-order valence-corrected chi connectivity index (χ3v) is 5.69. The second-order valence-electron chi connectivity index (χ2n) is 6.42. The summed E-state index contributed by atoms with van der Waals surface area (Å²) in [5.74, 6) is -0.222. The van der Waals surface area contributed by atoms with Crippen molar-refractivity contribution in [3.63, 3.8) is 0 Å². The molecule has 2 nitrogen and oxygen atoms in total. The second kappa shape index (κ2) is 7.01. The second-order valence-corrected chi connectivity index (χ2v) is 8.25. The van der Waals surface area contributed by atoms with E-state index in [-0.39, 0.29) is 5.97 Å². The van der Waals surface area contributed by atoms with Gasteiger partial charge in [0.1, 0.15) is 0 Å². The molecule has 0 saturated heterocycles. The molecule has 0 heterocycles. The first kappa shape index (κ1) is 17.5. The number of esters is 1. The van der Waals surface area contributed by atoms with Crippen molar-refractivity contribution in [3.05, 3.63) is 80.2 Å². The number of carbonyl (C=O) groups excluding carboxylic acids is 1. The van der Waals surface area contributed by atoms with E-state index in [0.717, 1.165) is 26.5 Å². The Labute approximate surface area is 169 Å². The van der Waals surface area contributed by atoms with E-state index in [1.165, 1.54) is 34.9 Å². The van der Waals surface area contributed by atoms with Crippen LogP contribution in [0.15, 0.2) is 63.5 Å². The van der Waals surface area contributed by atoms with Crippen molar-refractivity contribution >= 4 is 37.8 Å². The lowest BCUT2D eigenvalue weighted by Crippen LogP contribution is -2.04. The SMILES string of the molecule is COC(=O)Cc1ccc(-c2cc(Br)cc3c2-c2ccc(Br)cc2C3)cc1. The Morgan fingerprint density at radius 3 is 2.38 bits per heavy atom. The van der Waals surface area contributed by atoms with Gasteiger partial charge in [-0.3, -0.25) is 4.79 Å². The van der Waals surface area contributed by atoms with Gasteiger partial charge >= 0.3 is 5.97 Å². The molecule has 130 valence electrons. The van der Waals surface area contributed by atoms with Gasteiger partial charge < -0.3 is 4.74 Å². The Kier molecular flexibility index (Phi) is 4.72. The van der Waals surface area contributed by atoms with E-state index >= 15 is 0 Å². The minimum absolute atomic E-state index is 0.222. The van der Waals surface area contributed by atoms with Gasteiger partial charge in [-0.1, -0.05) is 62.2 Å². The summed E-state index contributed by atoms with van der Waals surface area (Å²) < 4.78 is 6.93. The smallest absolute Gasteiger partial charge is 0.309 e. The molecule has 0 unspecified atom stereocenters. The standard InChI is InChI=1S/C22H16Br2O2/c1-26-21(25)8-13-2-4-14(5-3-13)20-12-18(24)11-16-9-15-10-17(23)6-7-19(15)22(16)20/h2-7,10-12H,8-9H2,1H3. The summed E-state index contributed by atoms with van der Waals surface area (Å²) in [5.41, 5.74) is 8.58. The molecule has 0 fully saturated rings. The molecular formula is C22H16Br2O2. The fraction of sp³-hybridized carbons (Fsp3) is 0.136. The Morgan fingerprint density at radius 2 is 1.65 bits per heavy atom. The average molecular weight is 472 g/mol. The molecule has 0 aromatic heterocycles. The van der Waals surface area contributed by atoms with Crippen molar-refractivity contribution in [2.24, 2.45) is 0 Å². The molecule has 3 aromatic rings. The maximum absolute atomic E-state index is 11.5. The van der Waals surface area contributed by atoms with E-state index in [4.69, 9.17) is 4.74 Å². The summed E-state index contributed by atoms with van der Waals surface area (Å²) in [6.45, 7) is 0. The van der Waals surface area contributed by atoms with Crippen LogP contribution in [-0.2, 0) is 22.4 Å². The Morgan fingerprint density at radius 1 is 0.923 bits per heavy atom. The van der Waals surface area contributed by atoms with E-state index in [1.807, 2.05) is 12.1 Å². The largest absolute Gasteiger partial charge is 0.469 e. The zero-order valence-corrected chi connectivity index (χ0v) is 17.4. The van der Waals surface area contributed by atoms with Gasteiger partial charge in [-0.2, -0.15) is 0 Å². The van der Waals surface area contributed by atoms with Gasteiger partial charge in [-0.05, 0) is 69.6 Å². The van der Waals surface area contributed by atoms with Gasteiger partial charge in [-0.15, -0.1) is 0 Å². The summed E-state index contributed by atoms with van der Waals surface area (Å²) in [6, 6.07) is 19.0. The molecule has 0 amide bonds. The number of carbonyl (C=O) groups is 1. The summed E-state index contributed by atoms with van der Waals surface area (Å²) in [7, 11) is 1.41. The Balaban J connectivity index is 1.79. The Bertz CT molecular complexity index is 1010. The molecule has 3 aromatic carbocycles. The number of hydrogen-bond donors (Lipinski definition) is 0. The van der Waals surface area contributed by atoms with Gasteiger partial charge in [0.25, 0.3) is 0 Å². The lowest BCUT2D eigenvalue weighted by Gasteiger charge is -2.12. The first-order chi connectivity index (χ1) is 12.5. The lowest BCUT2D eigenvalue weighted by molar-refractivity contribution is -0.139. The van der Waals surface area contributed by atoms with Crippen molar-refractivity contribution < 1.29 is 9.53 Å². The Hall–Kier alpha value is -1.91. The lowest BCUT2D eigenvalue weighted by atomic mass is 9.93. The molecule has 0 atom stereocenters. The van der Waals surface area contributed by atoms with E-state index in [0.29, 0.717) is 6.42 Å². The van der Waals surface area contributed by atoms with Crippen LogP contribution in [0.1, 0.15) is 16.7 Å². The zero-order valence-electron chi connectivity index (χ0n) is 14.2. The molecule has 1 aliphatic carbocycles. The van der Waals surface area contributed by atoms with Crippen LogP contribution in [0.25, 0.3) is 22.3 Å². The first-order valence-electron chi connectivity index (χ1n) is 8.32. The minimum Gasteiger partial charge on any atom is -0.469 e. The topological polar surface area (TPSA) is 26.3 Å². The molecule has 0 N–H and O–H groups in total. The molecule has 26 heavy (non-hydrogen) atoms. The fourth-order valence-electron chi connectivity index (χ4n) is 3.55. The van der Waals surface area contributed by atoms with Gasteiger partial charge in [0.05, 0.1) is 13.5 Å². The number of hydrogen-bond acceptors (Lipinski definition) is 2. The highest BCUT2D eigenvalue weighted by Crippen LogP contribution is 2.45. The first-order valence-corrected chi connectivity index (χ1v) is 9.91. The van der Waals surface area contributed by atoms with Crippen LogP contribution >= 0.6 is 31.9 Å². The third-order valence-electron chi connectivity index (χ3n) is 4.74. The minimum atomic E-state index is -0.222. The predicted molar refractivity (Wildman–Crippen MR) is 111 cm³/mol. The van der Waals surface area contributed by atoms with E-state index in [9.17, 15) is 4.79 Å². The van der Waals surface area contributed by atoms with Gasteiger partial charge in [-0.25, -0.2) is 0 Å². The van der Waals surface area contributed by atoms with Crippen molar-refractivity contribution in [1.82, 2.24) is 0 Å². The summed E-state index contributed by atoms with van der Waals surface area (Å²) in [5, 5.41) is 0. The van der Waals surface area contributed by atoms with Gasteiger partial charge in [0.2, 0.25) is 0 Å². The summed E-state index contributed by atoms with van der Waals surface area (Å²) >= 11 is 7.23. The predicted octanol–water partition coefficient (Wildman–Crippen LogP) is 6.17. The van der Waals surface area contributed by atoms with Gasteiger partial charge in [0, 0.05) is 8.95 Å². The van der Waals surface area contributed by atoms with E-state index in [2.05, 4.69) is 74.3 Å². The van der Waals surface area contributed by atoms with Crippen LogP contribution in [0.5, 0.6) is 0 Å². The molecule has 0 radical (unpaired) electrons. The average Bonchev–Trinajstić information content (AvgIpc) is 2.98. The number of halogens is 2. The zero-order chi connectivity index (χ0) is 18.3. The number of methoxy groups -OCH3 is 1. The number of benzene rings is 3. The van der Waals surface area contributed by atoms with Crippen molar-refractivity contribution in [3.8, 4) is 22.3 Å². The van der Waals surface area contributed by atoms with Crippen molar-refractivity contribution in [1.29, 1.82) is 0 Å². The summed E-state index contributed by atoms with van der Waals surface area (Å²) in [4.78, 5) is 11.5. The molecular weight excluding hydrogens is 456 g/mol. The van der Waals surface area contributed by atoms with Crippen LogP contribution in [0, 0.1) is 0 Å². The monoisotopic (exact) mass is 470 g/mol. The van der Waals surface area contributed by atoms with Crippen molar-refractivity contribution in [2.45, 2.75) is 12.8 Å². The molecule has 0 saturated carbocycles. The number of rotatable bonds is 3. The van der Waals surface area contributed by atoms with Gasteiger partial charge in [0.15, 0.2) is 0 Å². The van der Waals surface area contributed by atoms with Crippen LogP contribution in [0.3, 0.4) is 0 Å².